The Hall–Kier alpha value is -2.33. The van der Waals surface area contributed by atoms with Crippen LogP contribution in [0.3, 0.4) is 0 Å². The molecule has 2 aromatic carbocycles. The van der Waals surface area contributed by atoms with Crippen molar-refractivity contribution >= 4 is 5.91 Å². The highest BCUT2D eigenvalue weighted by atomic mass is 16.5. The van der Waals surface area contributed by atoms with Gasteiger partial charge < -0.3 is 15.0 Å². The fourth-order valence-electron chi connectivity index (χ4n) is 3.98. The Balaban J connectivity index is 1.65. The number of amides is 1. The Kier molecular flexibility index (Phi) is 7.10. The maximum absolute atomic E-state index is 12.3. The van der Waals surface area contributed by atoms with Crippen molar-refractivity contribution < 1.29 is 9.53 Å². The van der Waals surface area contributed by atoms with Crippen molar-refractivity contribution in [1.82, 2.24) is 10.2 Å². The number of hydrogen-bond acceptors (Lipinski definition) is 3. The van der Waals surface area contributed by atoms with Gasteiger partial charge in [0.15, 0.2) is 6.61 Å². The smallest absolute Gasteiger partial charge is 0.260 e. The lowest BCUT2D eigenvalue weighted by molar-refractivity contribution is -0.132. The van der Waals surface area contributed by atoms with Crippen LogP contribution in [0, 0.1) is 13.8 Å². The van der Waals surface area contributed by atoms with Crippen molar-refractivity contribution in [2.24, 2.45) is 0 Å². The molecule has 150 valence electrons. The van der Waals surface area contributed by atoms with Gasteiger partial charge in [-0.3, -0.25) is 4.79 Å². The SMILES string of the molecule is CCC(NCc1cc(C)cc(C)c1)c1ccccc1OCC(=O)N1CCCC1. The van der Waals surface area contributed by atoms with E-state index in [9.17, 15) is 4.79 Å². The van der Waals surface area contributed by atoms with Gasteiger partial charge in [-0.05, 0) is 44.7 Å². The molecule has 28 heavy (non-hydrogen) atoms. The lowest BCUT2D eigenvalue weighted by atomic mass is 10.0. The molecule has 0 spiro atoms. The van der Waals surface area contributed by atoms with E-state index >= 15 is 0 Å². The van der Waals surface area contributed by atoms with E-state index in [2.05, 4.69) is 50.4 Å². The summed E-state index contributed by atoms with van der Waals surface area (Å²) in [6.45, 7) is 9.08. The molecule has 1 heterocycles. The van der Waals surface area contributed by atoms with Gasteiger partial charge in [-0.1, -0.05) is 54.4 Å². The van der Waals surface area contributed by atoms with Crippen LogP contribution in [-0.2, 0) is 11.3 Å². The van der Waals surface area contributed by atoms with E-state index in [1.807, 2.05) is 23.1 Å². The van der Waals surface area contributed by atoms with Crippen molar-refractivity contribution in [1.29, 1.82) is 0 Å². The molecule has 1 saturated heterocycles. The fourth-order valence-corrected chi connectivity index (χ4v) is 3.98. The van der Waals surface area contributed by atoms with Gasteiger partial charge in [-0.2, -0.15) is 0 Å². The molecule has 4 nitrogen and oxygen atoms in total. The Morgan fingerprint density at radius 3 is 2.46 bits per heavy atom. The highest BCUT2D eigenvalue weighted by Gasteiger charge is 2.20. The van der Waals surface area contributed by atoms with E-state index in [1.54, 1.807) is 0 Å². The van der Waals surface area contributed by atoms with Crippen LogP contribution in [-0.4, -0.2) is 30.5 Å². The molecular formula is C24H32N2O2. The second kappa shape index (κ2) is 9.74. The first-order valence-corrected chi connectivity index (χ1v) is 10.4. The highest BCUT2D eigenvalue weighted by Crippen LogP contribution is 2.28. The van der Waals surface area contributed by atoms with Gasteiger partial charge >= 0.3 is 0 Å². The lowest BCUT2D eigenvalue weighted by Crippen LogP contribution is -2.32. The summed E-state index contributed by atoms with van der Waals surface area (Å²) in [6.07, 6.45) is 3.15. The van der Waals surface area contributed by atoms with E-state index in [0.717, 1.165) is 50.2 Å². The van der Waals surface area contributed by atoms with Crippen molar-refractivity contribution in [3.63, 3.8) is 0 Å². The molecule has 1 unspecified atom stereocenters. The molecule has 0 aromatic heterocycles. The molecule has 4 heteroatoms. The number of rotatable bonds is 8. The number of ether oxygens (including phenoxy) is 1. The largest absolute Gasteiger partial charge is 0.483 e. The van der Waals surface area contributed by atoms with Gasteiger partial charge in [0.2, 0.25) is 0 Å². The number of aryl methyl sites for hydroxylation is 2. The quantitative estimate of drug-likeness (QED) is 0.731. The third-order valence-corrected chi connectivity index (χ3v) is 5.35. The zero-order valence-electron chi connectivity index (χ0n) is 17.3. The van der Waals surface area contributed by atoms with E-state index in [1.165, 1.54) is 16.7 Å². The number of hydrogen-bond donors (Lipinski definition) is 1. The molecular weight excluding hydrogens is 348 g/mol. The summed E-state index contributed by atoms with van der Waals surface area (Å²) in [5.41, 5.74) is 4.98. The first-order valence-electron chi connectivity index (χ1n) is 10.4. The average molecular weight is 381 g/mol. The lowest BCUT2D eigenvalue weighted by Gasteiger charge is -2.22. The Morgan fingerprint density at radius 1 is 1.11 bits per heavy atom. The molecule has 1 aliphatic rings. The maximum Gasteiger partial charge on any atom is 0.260 e. The molecule has 3 rings (SSSR count). The van der Waals surface area contributed by atoms with Crippen LogP contribution in [0.4, 0.5) is 0 Å². The Labute approximate surface area is 168 Å². The van der Waals surface area contributed by atoms with Crippen molar-refractivity contribution in [3.05, 3.63) is 64.7 Å². The summed E-state index contributed by atoms with van der Waals surface area (Å²) in [5.74, 6) is 0.887. The number of likely N-dealkylation sites (tertiary alicyclic amines) is 1. The molecule has 0 saturated carbocycles. The van der Waals surface area contributed by atoms with Crippen molar-refractivity contribution in [3.8, 4) is 5.75 Å². The summed E-state index contributed by atoms with van der Waals surface area (Å²) in [6, 6.07) is 14.9. The molecule has 0 bridgehead atoms. The molecule has 1 fully saturated rings. The zero-order valence-corrected chi connectivity index (χ0v) is 17.3. The first-order chi connectivity index (χ1) is 13.6. The minimum atomic E-state index is 0.0866. The van der Waals surface area contributed by atoms with E-state index in [0.29, 0.717) is 0 Å². The predicted octanol–water partition coefficient (Wildman–Crippen LogP) is 4.55. The topological polar surface area (TPSA) is 41.6 Å². The summed E-state index contributed by atoms with van der Waals surface area (Å²) >= 11 is 0. The van der Waals surface area contributed by atoms with E-state index in [4.69, 9.17) is 4.74 Å². The summed E-state index contributed by atoms with van der Waals surface area (Å²) in [4.78, 5) is 14.2. The molecule has 2 aromatic rings. The predicted molar refractivity (Wildman–Crippen MR) is 114 cm³/mol. The molecule has 1 aliphatic heterocycles. The number of nitrogens with zero attached hydrogens (tertiary/aromatic N) is 1. The number of benzene rings is 2. The molecule has 0 aliphatic carbocycles. The zero-order chi connectivity index (χ0) is 19.9. The minimum Gasteiger partial charge on any atom is -0.483 e. The minimum absolute atomic E-state index is 0.0866. The number of para-hydroxylation sites is 1. The number of carbonyl (C=O) groups excluding carboxylic acids is 1. The first kappa shape index (κ1) is 20.4. The molecule has 1 atom stereocenters. The summed E-state index contributed by atoms with van der Waals surface area (Å²) < 4.78 is 5.95. The fraction of sp³-hybridized carbons (Fsp3) is 0.458. The van der Waals surface area contributed by atoms with Gasteiger partial charge in [0.1, 0.15) is 5.75 Å². The number of nitrogens with one attached hydrogen (secondary N) is 1. The third kappa shape index (κ3) is 5.35. The van der Waals surface area contributed by atoms with Gasteiger partial charge in [0.05, 0.1) is 0 Å². The van der Waals surface area contributed by atoms with Crippen molar-refractivity contribution in [2.75, 3.05) is 19.7 Å². The van der Waals surface area contributed by atoms with E-state index < -0.39 is 0 Å². The van der Waals surface area contributed by atoms with Crippen LogP contribution >= 0.6 is 0 Å². The van der Waals surface area contributed by atoms with Crippen LogP contribution in [0.25, 0.3) is 0 Å². The van der Waals surface area contributed by atoms with Crippen LogP contribution in [0.2, 0.25) is 0 Å². The monoisotopic (exact) mass is 380 g/mol. The Morgan fingerprint density at radius 2 is 1.79 bits per heavy atom. The second-order valence-electron chi connectivity index (χ2n) is 7.75. The molecule has 0 radical (unpaired) electrons. The normalized spacial score (nSPS) is 14.9. The van der Waals surface area contributed by atoms with Crippen LogP contribution in [0.5, 0.6) is 5.75 Å². The van der Waals surface area contributed by atoms with Gasteiger partial charge in [0, 0.05) is 31.2 Å². The second-order valence-corrected chi connectivity index (χ2v) is 7.75. The van der Waals surface area contributed by atoms with Crippen LogP contribution in [0.1, 0.15) is 54.5 Å². The Bertz CT molecular complexity index is 777. The van der Waals surface area contributed by atoms with Gasteiger partial charge in [-0.25, -0.2) is 0 Å². The summed E-state index contributed by atoms with van der Waals surface area (Å²) in [7, 11) is 0. The van der Waals surface area contributed by atoms with Gasteiger partial charge in [-0.15, -0.1) is 0 Å². The van der Waals surface area contributed by atoms with Gasteiger partial charge in [0.25, 0.3) is 5.91 Å². The standard InChI is InChI=1S/C24H32N2O2/c1-4-22(25-16-20-14-18(2)13-19(3)15-20)21-9-5-6-10-23(21)28-17-24(27)26-11-7-8-12-26/h5-6,9-10,13-15,22,25H,4,7-8,11-12,16-17H2,1-3H3. The number of carbonyl (C=O) groups is 1. The van der Waals surface area contributed by atoms with E-state index in [-0.39, 0.29) is 18.6 Å². The third-order valence-electron chi connectivity index (χ3n) is 5.35. The summed E-state index contributed by atoms with van der Waals surface area (Å²) in [5, 5.41) is 3.66. The highest BCUT2D eigenvalue weighted by molar-refractivity contribution is 5.78. The van der Waals surface area contributed by atoms with Crippen molar-refractivity contribution in [2.45, 2.75) is 52.6 Å². The average Bonchev–Trinajstić information content (AvgIpc) is 3.21. The van der Waals surface area contributed by atoms with Crippen LogP contribution < -0.4 is 10.1 Å². The molecule has 1 N–H and O–H groups in total. The maximum atomic E-state index is 12.3. The van der Waals surface area contributed by atoms with Crippen LogP contribution in [0.15, 0.2) is 42.5 Å². The molecule has 1 amide bonds.